The van der Waals surface area contributed by atoms with Gasteiger partial charge in [-0.15, -0.1) is 12.4 Å². The fourth-order valence-corrected chi connectivity index (χ4v) is 3.79. The van der Waals surface area contributed by atoms with Gasteiger partial charge in [0, 0.05) is 38.1 Å². The second kappa shape index (κ2) is 9.39. The van der Waals surface area contributed by atoms with Crippen molar-refractivity contribution in [1.82, 2.24) is 9.80 Å². The summed E-state index contributed by atoms with van der Waals surface area (Å²) < 4.78 is 0. The minimum Gasteiger partial charge on any atom is -0.340 e. The van der Waals surface area contributed by atoms with Crippen molar-refractivity contribution < 1.29 is 9.59 Å². The van der Waals surface area contributed by atoms with Crippen molar-refractivity contribution in [2.45, 2.75) is 33.1 Å². The van der Waals surface area contributed by atoms with Gasteiger partial charge in [-0.2, -0.15) is 11.3 Å². The van der Waals surface area contributed by atoms with Gasteiger partial charge in [-0.1, -0.05) is 13.8 Å². The molecule has 2 amide bonds. The normalized spacial score (nSPS) is 15.6. The molecule has 0 unspecified atom stereocenters. The van der Waals surface area contributed by atoms with Crippen LogP contribution in [0.1, 0.15) is 43.5 Å². The molecule has 0 aliphatic carbocycles. The molecular formula is C17H28ClN3O2S. The first-order valence-corrected chi connectivity index (χ1v) is 9.33. The van der Waals surface area contributed by atoms with E-state index in [0.29, 0.717) is 32.7 Å². The predicted octanol–water partition coefficient (Wildman–Crippen LogP) is 2.61. The van der Waals surface area contributed by atoms with E-state index < -0.39 is 5.41 Å². The number of amides is 2. The summed E-state index contributed by atoms with van der Waals surface area (Å²) >= 11 is 1.53. The van der Waals surface area contributed by atoms with Crippen LogP contribution in [0.2, 0.25) is 0 Å². The number of hydrogen-bond acceptors (Lipinski definition) is 4. The van der Waals surface area contributed by atoms with Crippen LogP contribution in [0.4, 0.5) is 0 Å². The van der Waals surface area contributed by atoms with E-state index in [9.17, 15) is 9.59 Å². The maximum atomic E-state index is 12.9. The number of hydrogen-bond donors (Lipinski definition) is 1. The molecule has 2 heterocycles. The average Bonchev–Trinajstić information content (AvgIpc) is 3.01. The molecule has 1 aromatic heterocycles. The molecule has 1 saturated heterocycles. The molecule has 1 fully saturated rings. The van der Waals surface area contributed by atoms with Crippen molar-refractivity contribution in [3.8, 4) is 0 Å². The van der Waals surface area contributed by atoms with E-state index in [1.807, 2.05) is 40.5 Å². The first kappa shape index (κ1) is 20.9. The van der Waals surface area contributed by atoms with Crippen LogP contribution in [0.3, 0.4) is 0 Å². The summed E-state index contributed by atoms with van der Waals surface area (Å²) in [5.41, 5.74) is 6.20. The highest BCUT2D eigenvalue weighted by Crippen LogP contribution is 2.28. The summed E-state index contributed by atoms with van der Waals surface area (Å²) in [4.78, 5) is 29.1. The molecule has 2 N–H and O–H groups in total. The number of nitrogens with two attached hydrogens (primary N) is 1. The van der Waals surface area contributed by atoms with Gasteiger partial charge in [0.2, 0.25) is 5.91 Å². The zero-order chi connectivity index (χ0) is 16.9. The van der Waals surface area contributed by atoms with Gasteiger partial charge in [0.1, 0.15) is 0 Å². The molecule has 1 aliphatic heterocycles. The monoisotopic (exact) mass is 373 g/mol. The molecule has 0 atom stereocenters. The number of nitrogens with zero attached hydrogens (tertiary/aromatic N) is 2. The van der Waals surface area contributed by atoms with Gasteiger partial charge in [0.05, 0.1) is 11.0 Å². The third-order valence-corrected chi connectivity index (χ3v) is 5.72. The smallest absolute Gasteiger partial charge is 0.254 e. The zero-order valence-corrected chi connectivity index (χ0v) is 16.1. The standard InChI is InChI=1S/C17H27N3O2S.ClH/c1-3-17(4-2,13-18)16(22)20-8-5-7-19(9-10-20)15(21)14-6-11-23-12-14;/h6,11-12H,3-5,7-10,13,18H2,1-2H3;1H. The van der Waals surface area contributed by atoms with E-state index in [4.69, 9.17) is 5.73 Å². The first-order valence-electron chi connectivity index (χ1n) is 8.39. The summed E-state index contributed by atoms with van der Waals surface area (Å²) in [7, 11) is 0. The second-order valence-electron chi connectivity index (χ2n) is 6.14. The summed E-state index contributed by atoms with van der Waals surface area (Å²) in [6.07, 6.45) is 2.33. The lowest BCUT2D eigenvalue weighted by molar-refractivity contribution is -0.142. The molecule has 0 radical (unpaired) electrons. The molecule has 136 valence electrons. The lowest BCUT2D eigenvalue weighted by atomic mass is 9.81. The molecule has 0 saturated carbocycles. The molecule has 7 heteroatoms. The topological polar surface area (TPSA) is 66.6 Å². The van der Waals surface area contributed by atoms with E-state index >= 15 is 0 Å². The fraction of sp³-hybridized carbons (Fsp3) is 0.647. The Hall–Kier alpha value is -1.11. The van der Waals surface area contributed by atoms with Crippen molar-refractivity contribution in [2.75, 3.05) is 32.7 Å². The third kappa shape index (κ3) is 4.29. The van der Waals surface area contributed by atoms with E-state index in [1.54, 1.807) is 0 Å². The van der Waals surface area contributed by atoms with E-state index in [2.05, 4.69) is 0 Å². The van der Waals surface area contributed by atoms with E-state index in [-0.39, 0.29) is 24.2 Å². The van der Waals surface area contributed by atoms with Crippen molar-refractivity contribution in [1.29, 1.82) is 0 Å². The maximum absolute atomic E-state index is 12.9. The summed E-state index contributed by atoms with van der Waals surface area (Å²) in [5, 5.41) is 3.79. The largest absolute Gasteiger partial charge is 0.340 e. The molecule has 0 bridgehead atoms. The van der Waals surface area contributed by atoms with Crippen LogP contribution < -0.4 is 5.73 Å². The highest BCUT2D eigenvalue weighted by Gasteiger charge is 2.37. The Kier molecular flexibility index (Phi) is 8.19. The quantitative estimate of drug-likeness (QED) is 0.862. The molecular weight excluding hydrogens is 346 g/mol. The number of carbonyl (C=O) groups excluding carboxylic acids is 2. The fourth-order valence-electron chi connectivity index (χ4n) is 3.16. The van der Waals surface area contributed by atoms with Crippen LogP contribution in [0.25, 0.3) is 0 Å². The Bertz CT molecular complexity index is 524. The highest BCUT2D eigenvalue weighted by atomic mass is 35.5. The molecule has 1 aromatic rings. The van der Waals surface area contributed by atoms with E-state index in [0.717, 1.165) is 24.8 Å². The van der Waals surface area contributed by atoms with Gasteiger partial charge in [0.15, 0.2) is 0 Å². The van der Waals surface area contributed by atoms with Gasteiger partial charge >= 0.3 is 0 Å². The Morgan fingerprint density at radius 1 is 1.17 bits per heavy atom. The first-order chi connectivity index (χ1) is 11.1. The minimum atomic E-state index is -0.452. The summed E-state index contributed by atoms with van der Waals surface area (Å²) in [6.45, 7) is 7.02. The minimum absolute atomic E-state index is 0. The molecule has 2 rings (SSSR count). The van der Waals surface area contributed by atoms with Gasteiger partial charge in [0.25, 0.3) is 5.91 Å². The predicted molar refractivity (Wildman–Crippen MR) is 101 cm³/mol. The lowest BCUT2D eigenvalue weighted by Crippen LogP contribution is -2.48. The van der Waals surface area contributed by atoms with Crippen molar-refractivity contribution >= 4 is 35.6 Å². The number of thiophene rings is 1. The summed E-state index contributed by atoms with van der Waals surface area (Å²) in [6, 6.07) is 1.86. The Morgan fingerprint density at radius 2 is 1.79 bits per heavy atom. The van der Waals surface area contributed by atoms with Crippen LogP contribution in [0.5, 0.6) is 0 Å². The second-order valence-corrected chi connectivity index (χ2v) is 6.92. The lowest BCUT2D eigenvalue weighted by Gasteiger charge is -2.34. The highest BCUT2D eigenvalue weighted by molar-refractivity contribution is 7.08. The Balaban J connectivity index is 0.00000288. The van der Waals surface area contributed by atoms with Crippen molar-refractivity contribution in [2.24, 2.45) is 11.1 Å². The SMILES string of the molecule is CCC(CC)(CN)C(=O)N1CCCN(C(=O)c2ccsc2)CC1.Cl. The molecule has 0 aromatic carbocycles. The zero-order valence-electron chi connectivity index (χ0n) is 14.5. The van der Waals surface area contributed by atoms with Gasteiger partial charge in [-0.25, -0.2) is 0 Å². The van der Waals surface area contributed by atoms with Gasteiger partial charge < -0.3 is 15.5 Å². The Labute approximate surface area is 154 Å². The Morgan fingerprint density at radius 3 is 2.33 bits per heavy atom. The van der Waals surface area contributed by atoms with Crippen LogP contribution in [0, 0.1) is 5.41 Å². The molecule has 0 spiro atoms. The van der Waals surface area contributed by atoms with Gasteiger partial charge in [-0.05, 0) is 30.7 Å². The number of halogens is 1. The van der Waals surface area contributed by atoms with Gasteiger partial charge in [-0.3, -0.25) is 9.59 Å². The van der Waals surface area contributed by atoms with Crippen LogP contribution in [0.15, 0.2) is 16.8 Å². The van der Waals surface area contributed by atoms with E-state index in [1.165, 1.54) is 11.3 Å². The van der Waals surface area contributed by atoms with Crippen molar-refractivity contribution in [3.05, 3.63) is 22.4 Å². The average molecular weight is 374 g/mol. The third-order valence-electron chi connectivity index (χ3n) is 5.04. The summed E-state index contributed by atoms with van der Waals surface area (Å²) in [5.74, 6) is 0.214. The number of rotatable bonds is 5. The van der Waals surface area contributed by atoms with Crippen molar-refractivity contribution in [3.63, 3.8) is 0 Å². The maximum Gasteiger partial charge on any atom is 0.254 e. The molecule has 1 aliphatic rings. The van der Waals surface area contributed by atoms with Crippen LogP contribution in [-0.2, 0) is 4.79 Å². The van der Waals surface area contributed by atoms with Crippen LogP contribution >= 0.6 is 23.7 Å². The molecule has 24 heavy (non-hydrogen) atoms. The van der Waals surface area contributed by atoms with Crippen LogP contribution in [-0.4, -0.2) is 54.3 Å². The number of carbonyl (C=O) groups is 2. The molecule has 5 nitrogen and oxygen atoms in total.